The molecule has 0 bridgehead atoms. The lowest BCUT2D eigenvalue weighted by Gasteiger charge is -2.07. The fraction of sp³-hybridized carbons (Fsp3) is 0.385. The number of halogens is 1. The van der Waals surface area contributed by atoms with Crippen LogP contribution < -0.4 is 0 Å². The monoisotopic (exact) mass is 252 g/mol. The zero-order valence-corrected chi connectivity index (χ0v) is 10.3. The summed E-state index contributed by atoms with van der Waals surface area (Å²) in [6.07, 6.45) is 1.16. The summed E-state index contributed by atoms with van der Waals surface area (Å²) in [6.45, 7) is 2.28. The molecule has 4 heteroatoms. The van der Waals surface area contributed by atoms with Crippen LogP contribution in [0.25, 0.3) is 0 Å². The third-order valence-corrected chi connectivity index (χ3v) is 3.04. The Balaban J connectivity index is 2.16. The van der Waals surface area contributed by atoms with Crippen molar-refractivity contribution in [2.75, 3.05) is 6.61 Å². The molecule has 1 atom stereocenters. The largest absolute Gasteiger partial charge is 0.465 e. The van der Waals surface area contributed by atoms with Crippen LogP contribution in [0.4, 0.5) is 0 Å². The number of carbonyl (C=O) groups excluding carboxylic acids is 2. The zero-order chi connectivity index (χ0) is 12.4. The molecule has 0 spiro atoms. The summed E-state index contributed by atoms with van der Waals surface area (Å²) in [5.41, 5.74) is 1.42. The van der Waals surface area contributed by atoms with Gasteiger partial charge in [0.15, 0.2) is 5.78 Å². The molecule has 0 radical (unpaired) electrons. The second kappa shape index (κ2) is 4.88. The van der Waals surface area contributed by atoms with Gasteiger partial charge in [-0.3, -0.25) is 9.59 Å². The summed E-state index contributed by atoms with van der Waals surface area (Å²) in [5, 5.41) is 0.583. The van der Waals surface area contributed by atoms with Gasteiger partial charge in [0, 0.05) is 10.6 Å². The molecule has 90 valence electrons. The Hall–Kier alpha value is -1.35. The van der Waals surface area contributed by atoms with Crippen LogP contribution in [0.15, 0.2) is 18.2 Å². The van der Waals surface area contributed by atoms with Gasteiger partial charge >= 0.3 is 5.97 Å². The lowest BCUT2D eigenvalue weighted by Crippen LogP contribution is -2.23. The smallest absolute Gasteiger partial charge is 0.317 e. The summed E-state index contributed by atoms with van der Waals surface area (Å²) in [7, 11) is 0. The van der Waals surface area contributed by atoms with E-state index >= 15 is 0 Å². The number of rotatable bonds is 3. The minimum Gasteiger partial charge on any atom is -0.465 e. The molecule has 2 rings (SSSR count). The van der Waals surface area contributed by atoms with Gasteiger partial charge in [0.05, 0.1) is 6.61 Å². The molecule has 1 aromatic carbocycles. The Morgan fingerprint density at radius 2 is 2.29 bits per heavy atom. The third-order valence-electron chi connectivity index (χ3n) is 2.81. The molecule has 0 N–H and O–H groups in total. The normalized spacial score (nSPS) is 18.0. The Morgan fingerprint density at radius 3 is 3.00 bits per heavy atom. The van der Waals surface area contributed by atoms with Crippen molar-refractivity contribution in [1.29, 1.82) is 0 Å². The van der Waals surface area contributed by atoms with Gasteiger partial charge in [-0.1, -0.05) is 18.5 Å². The van der Waals surface area contributed by atoms with E-state index in [0.717, 1.165) is 12.0 Å². The van der Waals surface area contributed by atoms with Crippen LogP contribution in [0, 0.1) is 5.92 Å². The maximum atomic E-state index is 12.0. The van der Waals surface area contributed by atoms with Crippen LogP contribution in [0.5, 0.6) is 0 Å². The maximum Gasteiger partial charge on any atom is 0.317 e. The second-order valence-electron chi connectivity index (χ2n) is 4.09. The molecule has 0 saturated carbocycles. The van der Waals surface area contributed by atoms with Gasteiger partial charge in [0.1, 0.15) is 5.92 Å². The SMILES string of the molecule is CCCOC(=O)C1Cc2cc(Cl)ccc2C1=O. The Labute approximate surface area is 105 Å². The van der Waals surface area contributed by atoms with Crippen molar-refractivity contribution in [2.45, 2.75) is 19.8 Å². The predicted molar refractivity (Wildman–Crippen MR) is 64.2 cm³/mol. The van der Waals surface area contributed by atoms with E-state index in [4.69, 9.17) is 16.3 Å². The Morgan fingerprint density at radius 1 is 1.53 bits per heavy atom. The van der Waals surface area contributed by atoms with E-state index in [1.54, 1.807) is 18.2 Å². The summed E-state index contributed by atoms with van der Waals surface area (Å²) >= 11 is 5.85. The highest BCUT2D eigenvalue weighted by Crippen LogP contribution is 2.29. The number of Topliss-reactive ketones (excluding diaryl/α,β-unsaturated/α-hetero) is 1. The number of ketones is 1. The van der Waals surface area contributed by atoms with Gasteiger partial charge in [0.2, 0.25) is 0 Å². The summed E-state index contributed by atoms with van der Waals surface area (Å²) < 4.78 is 5.01. The van der Waals surface area contributed by atoms with Crippen LogP contribution in [-0.4, -0.2) is 18.4 Å². The average Bonchev–Trinajstić information content (AvgIpc) is 2.63. The first-order chi connectivity index (χ1) is 8.13. The molecule has 0 aromatic heterocycles. The van der Waals surface area contributed by atoms with Gasteiger partial charge in [-0.15, -0.1) is 0 Å². The van der Waals surface area contributed by atoms with Crippen molar-refractivity contribution in [1.82, 2.24) is 0 Å². The van der Waals surface area contributed by atoms with E-state index in [2.05, 4.69) is 0 Å². The van der Waals surface area contributed by atoms with Crippen LogP contribution >= 0.6 is 11.6 Å². The van der Waals surface area contributed by atoms with Crippen molar-refractivity contribution in [3.05, 3.63) is 34.3 Å². The molecule has 0 aliphatic heterocycles. The van der Waals surface area contributed by atoms with E-state index < -0.39 is 11.9 Å². The molecule has 1 aromatic rings. The van der Waals surface area contributed by atoms with Gasteiger partial charge in [-0.05, 0) is 36.6 Å². The highest BCUT2D eigenvalue weighted by Gasteiger charge is 2.36. The lowest BCUT2D eigenvalue weighted by molar-refractivity contribution is -0.146. The Bertz CT molecular complexity index is 468. The fourth-order valence-corrected chi connectivity index (χ4v) is 2.16. The van der Waals surface area contributed by atoms with Crippen molar-refractivity contribution >= 4 is 23.4 Å². The topological polar surface area (TPSA) is 43.4 Å². The van der Waals surface area contributed by atoms with E-state index in [0.29, 0.717) is 23.6 Å². The zero-order valence-electron chi connectivity index (χ0n) is 9.53. The fourth-order valence-electron chi connectivity index (χ4n) is 1.97. The number of benzene rings is 1. The van der Waals surface area contributed by atoms with Gasteiger partial charge in [-0.2, -0.15) is 0 Å². The van der Waals surface area contributed by atoms with Crippen molar-refractivity contribution in [2.24, 2.45) is 5.92 Å². The number of fused-ring (bicyclic) bond motifs is 1. The molecule has 3 nitrogen and oxygen atoms in total. The highest BCUT2D eigenvalue weighted by atomic mass is 35.5. The number of hydrogen-bond donors (Lipinski definition) is 0. The number of esters is 1. The molecule has 0 amide bonds. The van der Waals surface area contributed by atoms with Gasteiger partial charge in [0.25, 0.3) is 0 Å². The molecule has 1 aliphatic rings. The Kier molecular flexibility index (Phi) is 3.48. The van der Waals surface area contributed by atoms with E-state index in [9.17, 15) is 9.59 Å². The number of hydrogen-bond acceptors (Lipinski definition) is 3. The molecule has 0 heterocycles. The molecule has 1 aliphatic carbocycles. The number of ether oxygens (including phenoxy) is 1. The molecule has 17 heavy (non-hydrogen) atoms. The minimum atomic E-state index is -0.685. The standard InChI is InChI=1S/C13H13ClO3/c1-2-5-17-13(16)11-7-8-6-9(14)3-4-10(8)12(11)15/h3-4,6,11H,2,5,7H2,1H3. The van der Waals surface area contributed by atoms with Crippen LogP contribution in [0.2, 0.25) is 5.02 Å². The lowest BCUT2D eigenvalue weighted by atomic mass is 10.1. The summed E-state index contributed by atoms with van der Waals surface area (Å²) in [5.74, 6) is -1.27. The predicted octanol–water partition coefficient (Wildman–Crippen LogP) is 2.65. The minimum absolute atomic E-state index is 0.155. The molecule has 1 unspecified atom stereocenters. The first kappa shape index (κ1) is 12.1. The highest BCUT2D eigenvalue weighted by molar-refractivity contribution is 6.31. The van der Waals surface area contributed by atoms with E-state index in [1.807, 2.05) is 6.92 Å². The second-order valence-corrected chi connectivity index (χ2v) is 4.53. The van der Waals surface area contributed by atoms with Crippen LogP contribution in [-0.2, 0) is 16.0 Å². The van der Waals surface area contributed by atoms with Crippen LogP contribution in [0.3, 0.4) is 0 Å². The van der Waals surface area contributed by atoms with E-state index in [-0.39, 0.29) is 5.78 Å². The summed E-state index contributed by atoms with van der Waals surface area (Å²) in [6, 6.07) is 5.08. The third kappa shape index (κ3) is 2.34. The van der Waals surface area contributed by atoms with Gasteiger partial charge in [-0.25, -0.2) is 0 Å². The van der Waals surface area contributed by atoms with Crippen molar-refractivity contribution in [3.8, 4) is 0 Å². The maximum absolute atomic E-state index is 12.0. The quantitative estimate of drug-likeness (QED) is 0.614. The average molecular weight is 253 g/mol. The molecule has 0 fully saturated rings. The molecular formula is C13H13ClO3. The first-order valence-electron chi connectivity index (χ1n) is 5.62. The number of carbonyl (C=O) groups is 2. The van der Waals surface area contributed by atoms with Crippen LogP contribution in [0.1, 0.15) is 29.3 Å². The first-order valence-corrected chi connectivity index (χ1v) is 6.00. The summed E-state index contributed by atoms with van der Waals surface area (Å²) in [4.78, 5) is 23.7. The molecule has 0 saturated heterocycles. The van der Waals surface area contributed by atoms with Gasteiger partial charge < -0.3 is 4.74 Å². The van der Waals surface area contributed by atoms with Crippen molar-refractivity contribution in [3.63, 3.8) is 0 Å². The van der Waals surface area contributed by atoms with E-state index in [1.165, 1.54) is 0 Å². The molecular weight excluding hydrogens is 240 g/mol. The van der Waals surface area contributed by atoms with Crippen molar-refractivity contribution < 1.29 is 14.3 Å².